The molecule has 1 aliphatic rings. The molecule has 2 unspecified atom stereocenters. The van der Waals surface area contributed by atoms with E-state index in [1.807, 2.05) is 6.92 Å². The zero-order chi connectivity index (χ0) is 9.14. The molecule has 0 N–H and O–H groups in total. The molecule has 0 aromatic heterocycles. The number of ether oxygens (including phenoxy) is 2. The van der Waals surface area contributed by atoms with Crippen molar-refractivity contribution >= 4 is 11.9 Å². The van der Waals surface area contributed by atoms with Gasteiger partial charge in [0, 0.05) is 0 Å². The highest BCUT2D eigenvalue weighted by Gasteiger charge is 2.39. The van der Waals surface area contributed by atoms with Gasteiger partial charge in [0.15, 0.2) is 5.92 Å². The summed E-state index contributed by atoms with van der Waals surface area (Å²) in [5.41, 5.74) is 0. The molecule has 2 atom stereocenters. The van der Waals surface area contributed by atoms with Gasteiger partial charge < -0.3 is 9.47 Å². The molecule has 1 rings (SSSR count). The van der Waals surface area contributed by atoms with Crippen molar-refractivity contribution in [3.8, 4) is 0 Å². The van der Waals surface area contributed by atoms with E-state index in [9.17, 15) is 9.59 Å². The van der Waals surface area contributed by atoms with Crippen molar-refractivity contribution in [2.24, 2.45) is 5.92 Å². The quantitative estimate of drug-likeness (QED) is 0.459. The highest BCUT2D eigenvalue weighted by molar-refractivity contribution is 5.98. The van der Waals surface area contributed by atoms with E-state index in [-0.39, 0.29) is 12.7 Å². The van der Waals surface area contributed by atoms with Crippen LogP contribution in [0.4, 0.5) is 0 Å². The average molecular weight is 172 g/mol. The fraction of sp³-hybridized carbons (Fsp3) is 0.750. The van der Waals surface area contributed by atoms with E-state index < -0.39 is 17.9 Å². The number of hydrogen-bond acceptors (Lipinski definition) is 4. The molecule has 0 aromatic rings. The molecule has 12 heavy (non-hydrogen) atoms. The SMILES string of the molecule is CCC(C)OC(=O)C1COC1=O. The van der Waals surface area contributed by atoms with Gasteiger partial charge in [0.2, 0.25) is 0 Å². The Balaban J connectivity index is 2.33. The van der Waals surface area contributed by atoms with Crippen LogP contribution in [0.5, 0.6) is 0 Å². The van der Waals surface area contributed by atoms with Crippen molar-refractivity contribution in [2.45, 2.75) is 26.4 Å². The van der Waals surface area contributed by atoms with Crippen LogP contribution >= 0.6 is 0 Å². The first-order valence-corrected chi connectivity index (χ1v) is 4.02. The highest BCUT2D eigenvalue weighted by Crippen LogP contribution is 2.15. The van der Waals surface area contributed by atoms with Gasteiger partial charge in [-0.25, -0.2) is 0 Å². The molecular formula is C8H12O4. The molecule has 1 fully saturated rings. The van der Waals surface area contributed by atoms with Gasteiger partial charge in [-0.15, -0.1) is 0 Å². The predicted octanol–water partition coefficient (Wildman–Crippen LogP) is 0.501. The second-order valence-electron chi connectivity index (χ2n) is 2.84. The lowest BCUT2D eigenvalue weighted by Crippen LogP contribution is -2.42. The molecule has 0 saturated carbocycles. The Morgan fingerprint density at radius 2 is 2.50 bits per heavy atom. The Morgan fingerprint density at radius 3 is 2.83 bits per heavy atom. The Morgan fingerprint density at radius 1 is 1.83 bits per heavy atom. The summed E-state index contributed by atoms with van der Waals surface area (Å²) in [6, 6.07) is 0. The van der Waals surface area contributed by atoms with Gasteiger partial charge in [-0.2, -0.15) is 0 Å². The van der Waals surface area contributed by atoms with E-state index in [0.29, 0.717) is 0 Å². The van der Waals surface area contributed by atoms with E-state index in [1.54, 1.807) is 6.92 Å². The Kier molecular flexibility index (Phi) is 2.68. The molecule has 4 heteroatoms. The van der Waals surface area contributed by atoms with Gasteiger partial charge in [-0.1, -0.05) is 6.92 Å². The normalized spacial score (nSPS) is 23.8. The van der Waals surface area contributed by atoms with E-state index in [0.717, 1.165) is 6.42 Å². The minimum Gasteiger partial charge on any atom is -0.463 e. The van der Waals surface area contributed by atoms with Crippen LogP contribution in [0.15, 0.2) is 0 Å². The van der Waals surface area contributed by atoms with Crippen LogP contribution in [-0.4, -0.2) is 24.6 Å². The van der Waals surface area contributed by atoms with Gasteiger partial charge in [-0.3, -0.25) is 9.59 Å². The third-order valence-corrected chi connectivity index (χ3v) is 1.85. The van der Waals surface area contributed by atoms with E-state index in [2.05, 4.69) is 4.74 Å². The topological polar surface area (TPSA) is 52.6 Å². The average Bonchev–Trinajstić information content (AvgIpc) is 2.01. The molecule has 1 heterocycles. The minimum absolute atomic E-state index is 0.120. The number of carbonyl (C=O) groups excluding carboxylic acids is 2. The summed E-state index contributed by atoms with van der Waals surface area (Å²) in [5.74, 6) is -1.59. The summed E-state index contributed by atoms with van der Waals surface area (Å²) in [7, 11) is 0. The number of carbonyl (C=O) groups is 2. The summed E-state index contributed by atoms with van der Waals surface area (Å²) >= 11 is 0. The number of esters is 2. The van der Waals surface area contributed by atoms with Crippen LogP contribution in [0.2, 0.25) is 0 Å². The predicted molar refractivity (Wildman–Crippen MR) is 40.3 cm³/mol. The summed E-state index contributed by atoms with van der Waals surface area (Å²) in [6.07, 6.45) is 0.638. The van der Waals surface area contributed by atoms with E-state index >= 15 is 0 Å². The molecule has 4 nitrogen and oxygen atoms in total. The number of cyclic esters (lactones) is 1. The van der Waals surface area contributed by atoms with Gasteiger partial charge in [0.1, 0.15) is 6.61 Å². The summed E-state index contributed by atoms with van der Waals surface area (Å²) in [5, 5.41) is 0. The first-order chi connectivity index (χ1) is 5.65. The smallest absolute Gasteiger partial charge is 0.324 e. The first kappa shape index (κ1) is 9.03. The fourth-order valence-corrected chi connectivity index (χ4v) is 0.763. The van der Waals surface area contributed by atoms with Crippen molar-refractivity contribution < 1.29 is 19.1 Å². The summed E-state index contributed by atoms with van der Waals surface area (Å²) in [6.45, 7) is 3.88. The second-order valence-corrected chi connectivity index (χ2v) is 2.84. The van der Waals surface area contributed by atoms with Gasteiger partial charge >= 0.3 is 11.9 Å². The lowest BCUT2D eigenvalue weighted by molar-refractivity contribution is -0.183. The van der Waals surface area contributed by atoms with E-state index in [4.69, 9.17) is 4.74 Å². The molecule has 1 saturated heterocycles. The number of hydrogen-bond donors (Lipinski definition) is 0. The Labute approximate surface area is 70.8 Å². The first-order valence-electron chi connectivity index (χ1n) is 4.02. The molecule has 0 aromatic carbocycles. The maximum atomic E-state index is 11.1. The van der Waals surface area contributed by atoms with Crippen LogP contribution in [-0.2, 0) is 19.1 Å². The lowest BCUT2D eigenvalue weighted by Gasteiger charge is -2.23. The molecule has 0 radical (unpaired) electrons. The third-order valence-electron chi connectivity index (χ3n) is 1.85. The lowest BCUT2D eigenvalue weighted by atomic mass is 10.1. The van der Waals surface area contributed by atoms with Gasteiger partial charge in [-0.05, 0) is 13.3 Å². The van der Waals surface area contributed by atoms with Gasteiger partial charge in [0.25, 0.3) is 0 Å². The zero-order valence-electron chi connectivity index (χ0n) is 7.20. The second kappa shape index (κ2) is 3.56. The summed E-state index contributed by atoms with van der Waals surface area (Å²) < 4.78 is 9.37. The van der Waals surface area contributed by atoms with Crippen molar-refractivity contribution in [1.82, 2.24) is 0 Å². The monoisotopic (exact) mass is 172 g/mol. The third kappa shape index (κ3) is 1.75. The van der Waals surface area contributed by atoms with Crippen LogP contribution in [0.3, 0.4) is 0 Å². The van der Waals surface area contributed by atoms with Crippen LogP contribution < -0.4 is 0 Å². The zero-order valence-corrected chi connectivity index (χ0v) is 7.20. The molecule has 0 spiro atoms. The Hall–Kier alpha value is -1.06. The minimum atomic E-state index is -0.668. The van der Waals surface area contributed by atoms with Crippen LogP contribution in [0.1, 0.15) is 20.3 Å². The molecule has 0 amide bonds. The van der Waals surface area contributed by atoms with E-state index in [1.165, 1.54) is 0 Å². The van der Waals surface area contributed by atoms with Crippen molar-refractivity contribution in [1.29, 1.82) is 0 Å². The number of rotatable bonds is 3. The molecule has 68 valence electrons. The van der Waals surface area contributed by atoms with Crippen molar-refractivity contribution in [2.75, 3.05) is 6.61 Å². The Bertz CT molecular complexity index is 199. The van der Waals surface area contributed by atoms with Crippen LogP contribution in [0, 0.1) is 5.92 Å². The van der Waals surface area contributed by atoms with Crippen molar-refractivity contribution in [3.05, 3.63) is 0 Å². The fourth-order valence-electron chi connectivity index (χ4n) is 0.763. The maximum absolute atomic E-state index is 11.1. The molecule has 1 aliphatic heterocycles. The van der Waals surface area contributed by atoms with Crippen molar-refractivity contribution in [3.63, 3.8) is 0 Å². The highest BCUT2D eigenvalue weighted by atomic mass is 16.6. The standard InChI is InChI=1S/C8H12O4/c1-3-5(2)12-8(10)6-4-11-7(6)9/h5-6H,3-4H2,1-2H3. The summed E-state index contributed by atoms with van der Waals surface area (Å²) in [4.78, 5) is 21.7. The molecular weight excluding hydrogens is 160 g/mol. The van der Waals surface area contributed by atoms with Gasteiger partial charge in [0.05, 0.1) is 6.10 Å². The molecule has 0 aliphatic carbocycles. The maximum Gasteiger partial charge on any atom is 0.324 e. The van der Waals surface area contributed by atoms with Crippen LogP contribution in [0.25, 0.3) is 0 Å². The largest absolute Gasteiger partial charge is 0.463 e. The molecule has 0 bridgehead atoms.